The van der Waals surface area contributed by atoms with E-state index in [0.29, 0.717) is 11.7 Å². The first-order valence-corrected chi connectivity index (χ1v) is 8.92. The summed E-state index contributed by atoms with van der Waals surface area (Å²) in [6, 6.07) is 22.3. The molecule has 0 aliphatic heterocycles. The molecule has 1 fully saturated rings. The van der Waals surface area contributed by atoms with E-state index in [1.54, 1.807) is 0 Å². The molecule has 2 aromatic carbocycles. The summed E-state index contributed by atoms with van der Waals surface area (Å²) in [5.74, 6) is 0. The van der Waals surface area contributed by atoms with Crippen LogP contribution in [0.5, 0.6) is 0 Å². The highest BCUT2D eigenvalue weighted by Crippen LogP contribution is 2.45. The molecule has 1 nitrogen and oxygen atoms in total. The van der Waals surface area contributed by atoms with Crippen molar-refractivity contribution in [1.29, 1.82) is 0 Å². The number of benzene rings is 2. The average molecular weight is 283 g/mol. The Morgan fingerprint density at radius 3 is 1.75 bits per heavy atom. The van der Waals surface area contributed by atoms with E-state index >= 15 is 0 Å². The van der Waals surface area contributed by atoms with Gasteiger partial charge in [-0.05, 0) is 31.4 Å². The zero-order chi connectivity index (χ0) is 13.8. The molecule has 1 aliphatic carbocycles. The maximum absolute atomic E-state index is 6.47. The Balaban J connectivity index is 1.99. The maximum Gasteiger partial charge on any atom is 0.0113 e. The van der Waals surface area contributed by atoms with Gasteiger partial charge in [0.2, 0.25) is 0 Å². The van der Waals surface area contributed by atoms with Crippen molar-refractivity contribution in [3.05, 3.63) is 60.7 Å². The van der Waals surface area contributed by atoms with E-state index in [9.17, 15) is 0 Å². The highest BCUT2D eigenvalue weighted by Gasteiger charge is 2.31. The highest BCUT2D eigenvalue weighted by atomic mass is 31.1. The quantitative estimate of drug-likeness (QED) is 0.859. The van der Waals surface area contributed by atoms with E-state index in [2.05, 4.69) is 60.7 Å². The summed E-state index contributed by atoms with van der Waals surface area (Å²) in [6.07, 6.45) is 5.08. The third kappa shape index (κ3) is 2.95. The van der Waals surface area contributed by atoms with Crippen LogP contribution < -0.4 is 16.3 Å². The lowest BCUT2D eigenvalue weighted by Crippen LogP contribution is -2.40. The lowest BCUT2D eigenvalue weighted by atomic mass is 9.96. The Bertz CT molecular complexity index is 486. The smallest absolute Gasteiger partial charge is 0.0113 e. The Morgan fingerprint density at radius 1 is 0.750 bits per heavy atom. The van der Waals surface area contributed by atoms with Gasteiger partial charge < -0.3 is 5.73 Å². The Kier molecular flexibility index (Phi) is 4.50. The average Bonchev–Trinajstić information content (AvgIpc) is 2.52. The van der Waals surface area contributed by atoms with Crippen molar-refractivity contribution in [2.24, 2.45) is 5.73 Å². The van der Waals surface area contributed by atoms with Crippen LogP contribution in [0.1, 0.15) is 25.7 Å². The van der Waals surface area contributed by atoms with E-state index in [4.69, 9.17) is 5.73 Å². The van der Waals surface area contributed by atoms with Crippen LogP contribution >= 0.6 is 7.92 Å². The largest absolute Gasteiger partial charge is 0.327 e. The van der Waals surface area contributed by atoms with Crippen molar-refractivity contribution in [2.75, 3.05) is 0 Å². The molecule has 0 bridgehead atoms. The number of nitrogens with two attached hydrogens (primary N) is 1. The summed E-state index contributed by atoms with van der Waals surface area (Å²) in [7, 11) is -0.333. The fourth-order valence-corrected chi connectivity index (χ4v) is 6.19. The molecule has 0 heterocycles. The molecule has 104 valence electrons. The van der Waals surface area contributed by atoms with Crippen LogP contribution in [-0.2, 0) is 0 Å². The first-order valence-electron chi connectivity index (χ1n) is 7.51. The van der Waals surface area contributed by atoms with Crippen LogP contribution in [0.4, 0.5) is 0 Å². The van der Waals surface area contributed by atoms with Gasteiger partial charge in [-0.15, -0.1) is 0 Å². The van der Waals surface area contributed by atoms with E-state index in [1.807, 2.05) is 0 Å². The molecule has 0 spiro atoms. The predicted molar refractivity (Wildman–Crippen MR) is 89.3 cm³/mol. The van der Waals surface area contributed by atoms with Crippen molar-refractivity contribution in [1.82, 2.24) is 0 Å². The molecule has 0 aromatic heterocycles. The van der Waals surface area contributed by atoms with Gasteiger partial charge in [-0.3, -0.25) is 0 Å². The van der Waals surface area contributed by atoms with E-state index in [-0.39, 0.29) is 7.92 Å². The SMILES string of the molecule is N[C@H]1CCCCC1P(c1ccccc1)c1ccccc1. The molecule has 0 amide bonds. The van der Waals surface area contributed by atoms with E-state index in [0.717, 1.165) is 0 Å². The molecule has 1 unspecified atom stereocenters. The standard InChI is InChI=1S/C18H22NP/c19-17-13-7-8-14-18(17)20(15-9-3-1-4-10-15)16-11-5-2-6-12-16/h1-6,9-12,17-18H,7-8,13-14,19H2/t17-,18?/m0/s1. The zero-order valence-electron chi connectivity index (χ0n) is 11.8. The molecule has 0 radical (unpaired) electrons. The first-order chi connectivity index (χ1) is 9.86. The molecule has 2 heteroatoms. The van der Waals surface area contributed by atoms with Gasteiger partial charge in [-0.2, -0.15) is 0 Å². The summed E-state index contributed by atoms with van der Waals surface area (Å²) < 4.78 is 0. The first kappa shape index (κ1) is 13.8. The van der Waals surface area contributed by atoms with Crippen molar-refractivity contribution in [3.63, 3.8) is 0 Å². The normalized spacial score (nSPS) is 22.9. The van der Waals surface area contributed by atoms with Gasteiger partial charge in [0.25, 0.3) is 0 Å². The minimum atomic E-state index is -0.333. The lowest BCUT2D eigenvalue weighted by molar-refractivity contribution is 0.450. The van der Waals surface area contributed by atoms with Gasteiger partial charge in [-0.1, -0.05) is 73.5 Å². The van der Waals surface area contributed by atoms with Gasteiger partial charge in [0.15, 0.2) is 0 Å². The monoisotopic (exact) mass is 283 g/mol. The van der Waals surface area contributed by atoms with Crippen LogP contribution in [0.25, 0.3) is 0 Å². The third-order valence-corrected chi connectivity index (χ3v) is 7.20. The molecule has 2 N–H and O–H groups in total. The van der Waals surface area contributed by atoms with Crippen molar-refractivity contribution < 1.29 is 0 Å². The number of hydrogen-bond acceptors (Lipinski definition) is 1. The summed E-state index contributed by atoms with van der Waals surface area (Å²) in [4.78, 5) is 0. The second-order valence-corrected chi connectivity index (χ2v) is 7.99. The molecule has 0 saturated heterocycles. The molecule has 1 saturated carbocycles. The molecule has 3 rings (SSSR count). The highest BCUT2D eigenvalue weighted by molar-refractivity contribution is 7.73. The fourth-order valence-electron chi connectivity index (χ4n) is 3.17. The predicted octanol–water partition coefficient (Wildman–Crippen LogP) is 3.39. The number of hydrogen-bond donors (Lipinski definition) is 1. The second kappa shape index (κ2) is 6.52. The van der Waals surface area contributed by atoms with E-state index in [1.165, 1.54) is 36.3 Å². The maximum atomic E-state index is 6.47. The molecular formula is C18H22NP. The molecule has 2 aromatic rings. The van der Waals surface area contributed by atoms with Gasteiger partial charge in [0.1, 0.15) is 0 Å². The summed E-state index contributed by atoms with van der Waals surface area (Å²) in [5.41, 5.74) is 7.10. The van der Waals surface area contributed by atoms with E-state index < -0.39 is 0 Å². The van der Waals surface area contributed by atoms with Crippen molar-refractivity contribution >= 4 is 18.5 Å². The van der Waals surface area contributed by atoms with Gasteiger partial charge >= 0.3 is 0 Å². The van der Waals surface area contributed by atoms with Crippen LogP contribution in [0.3, 0.4) is 0 Å². The van der Waals surface area contributed by atoms with Crippen LogP contribution in [-0.4, -0.2) is 11.7 Å². The van der Waals surface area contributed by atoms with Gasteiger partial charge in [0, 0.05) is 11.7 Å². The molecular weight excluding hydrogens is 261 g/mol. The molecule has 20 heavy (non-hydrogen) atoms. The Hall–Kier alpha value is -1.17. The van der Waals surface area contributed by atoms with Crippen LogP contribution in [0.2, 0.25) is 0 Å². The molecule has 2 atom stereocenters. The summed E-state index contributed by atoms with van der Waals surface area (Å²) in [5, 5.41) is 2.94. The van der Waals surface area contributed by atoms with Crippen LogP contribution in [0.15, 0.2) is 60.7 Å². The second-order valence-electron chi connectivity index (χ2n) is 5.56. The summed E-state index contributed by atoms with van der Waals surface area (Å²) >= 11 is 0. The minimum absolute atomic E-state index is 0.333. The van der Waals surface area contributed by atoms with Gasteiger partial charge in [0.05, 0.1) is 0 Å². The van der Waals surface area contributed by atoms with Crippen molar-refractivity contribution in [3.8, 4) is 0 Å². The summed E-state index contributed by atoms with van der Waals surface area (Å²) in [6.45, 7) is 0. The number of rotatable bonds is 3. The van der Waals surface area contributed by atoms with Crippen molar-refractivity contribution in [2.45, 2.75) is 37.4 Å². The topological polar surface area (TPSA) is 26.0 Å². The lowest BCUT2D eigenvalue weighted by Gasteiger charge is -2.36. The Morgan fingerprint density at radius 2 is 1.25 bits per heavy atom. The van der Waals surface area contributed by atoms with Gasteiger partial charge in [-0.25, -0.2) is 0 Å². The molecule has 1 aliphatic rings. The minimum Gasteiger partial charge on any atom is -0.327 e. The zero-order valence-corrected chi connectivity index (χ0v) is 12.7. The third-order valence-electron chi connectivity index (χ3n) is 4.18. The van der Waals surface area contributed by atoms with Crippen LogP contribution in [0, 0.1) is 0 Å². The Labute approximate surface area is 123 Å². The fraction of sp³-hybridized carbons (Fsp3) is 0.333.